The van der Waals surface area contributed by atoms with Crippen molar-refractivity contribution in [1.82, 2.24) is 5.32 Å². The number of halogens is 3. The average Bonchev–Trinajstić information content (AvgIpc) is 3.36. The van der Waals surface area contributed by atoms with Gasteiger partial charge in [-0.2, -0.15) is 0 Å². The summed E-state index contributed by atoms with van der Waals surface area (Å²) in [5, 5.41) is 11.8. The van der Waals surface area contributed by atoms with Crippen LogP contribution in [-0.2, 0) is 25.6 Å². The molecule has 2 atom stereocenters. The molecule has 234 valence electrons. The van der Waals surface area contributed by atoms with Crippen molar-refractivity contribution in [3.8, 4) is 5.75 Å². The summed E-state index contributed by atoms with van der Waals surface area (Å²) in [4.78, 5) is 31.8. The first-order valence-electron chi connectivity index (χ1n) is 14.2. The molecule has 4 rings (SSSR count). The molecule has 0 aromatic heterocycles. The van der Waals surface area contributed by atoms with Crippen molar-refractivity contribution >= 4 is 33.7 Å². The SMILES string of the molecule is CC(C)(C)OC(=O)CC[C@@]1(C(=O)NCc2ccc(F)cc2F)N=C(c2ccc(OCCCO)cc2)O[C@@H]1c1ccc(Br)cc1. The van der Waals surface area contributed by atoms with E-state index in [1.54, 1.807) is 69.3 Å². The molecule has 1 aliphatic rings. The Morgan fingerprint density at radius 2 is 1.77 bits per heavy atom. The Labute approximate surface area is 263 Å². The number of esters is 1. The number of carbonyl (C=O) groups is 2. The smallest absolute Gasteiger partial charge is 0.306 e. The molecule has 0 saturated heterocycles. The number of ether oxygens (including phenoxy) is 3. The van der Waals surface area contributed by atoms with Gasteiger partial charge in [0.15, 0.2) is 11.6 Å². The Morgan fingerprint density at radius 1 is 1.07 bits per heavy atom. The second-order valence-electron chi connectivity index (χ2n) is 11.3. The van der Waals surface area contributed by atoms with Gasteiger partial charge in [0.1, 0.15) is 23.0 Å². The minimum absolute atomic E-state index is 0.0153. The van der Waals surface area contributed by atoms with Gasteiger partial charge in [0.2, 0.25) is 5.90 Å². The van der Waals surface area contributed by atoms with E-state index in [0.717, 1.165) is 16.6 Å². The standard InChI is InChI=1S/C33H35BrF2N2O6/c1-32(2,3)44-28(40)15-16-33(31(41)37-20-23-7-12-25(35)19-27(23)36)29(21-5-10-24(34)11-6-21)43-30(38-33)22-8-13-26(14-9-22)42-18-4-17-39/h5-14,19,29,39H,4,15-18,20H2,1-3H3,(H,37,41)/t29-,33-/m1/s1. The lowest BCUT2D eigenvalue weighted by Crippen LogP contribution is -2.48. The van der Waals surface area contributed by atoms with Crippen molar-refractivity contribution in [2.45, 2.75) is 63.8 Å². The van der Waals surface area contributed by atoms with Gasteiger partial charge in [-0.05, 0) is 75.2 Å². The highest BCUT2D eigenvalue weighted by atomic mass is 79.9. The van der Waals surface area contributed by atoms with E-state index in [1.165, 1.54) is 6.07 Å². The molecule has 0 radical (unpaired) electrons. The van der Waals surface area contributed by atoms with E-state index in [1.807, 2.05) is 0 Å². The number of aliphatic hydroxyl groups excluding tert-OH is 1. The number of hydrogen-bond acceptors (Lipinski definition) is 7. The number of hydrogen-bond donors (Lipinski definition) is 2. The highest BCUT2D eigenvalue weighted by Crippen LogP contribution is 2.43. The van der Waals surface area contributed by atoms with E-state index in [9.17, 15) is 18.4 Å². The molecule has 0 unspecified atom stereocenters. The van der Waals surface area contributed by atoms with Crippen molar-refractivity contribution in [2.24, 2.45) is 4.99 Å². The zero-order chi connectivity index (χ0) is 31.9. The summed E-state index contributed by atoms with van der Waals surface area (Å²) in [7, 11) is 0. The van der Waals surface area contributed by atoms with Crippen molar-refractivity contribution in [1.29, 1.82) is 0 Å². The molecule has 0 fully saturated rings. The number of aliphatic imine (C=N–C) groups is 1. The molecule has 0 saturated carbocycles. The summed E-state index contributed by atoms with van der Waals surface area (Å²) < 4.78 is 46.3. The van der Waals surface area contributed by atoms with E-state index in [2.05, 4.69) is 21.2 Å². The second kappa shape index (κ2) is 14.3. The van der Waals surface area contributed by atoms with Crippen LogP contribution in [0.2, 0.25) is 0 Å². The number of carbonyl (C=O) groups excluding carboxylic acids is 2. The van der Waals surface area contributed by atoms with Crippen LogP contribution < -0.4 is 10.1 Å². The van der Waals surface area contributed by atoms with Crippen molar-refractivity contribution in [3.63, 3.8) is 0 Å². The molecule has 11 heteroatoms. The molecule has 8 nitrogen and oxygen atoms in total. The maximum absolute atomic E-state index is 14.4. The van der Waals surface area contributed by atoms with Gasteiger partial charge in [-0.3, -0.25) is 9.59 Å². The maximum atomic E-state index is 14.4. The molecule has 2 N–H and O–H groups in total. The molecular weight excluding hydrogens is 638 g/mol. The van der Waals surface area contributed by atoms with Crippen LogP contribution in [0.4, 0.5) is 8.78 Å². The monoisotopic (exact) mass is 672 g/mol. The fourth-order valence-electron chi connectivity index (χ4n) is 4.69. The average molecular weight is 674 g/mol. The number of aliphatic hydroxyl groups is 1. The van der Waals surface area contributed by atoms with E-state index >= 15 is 0 Å². The van der Waals surface area contributed by atoms with Crippen LogP contribution in [-0.4, -0.2) is 47.2 Å². The number of rotatable bonds is 12. The first-order chi connectivity index (χ1) is 20.9. The van der Waals surface area contributed by atoms with Crippen LogP contribution in [0.1, 0.15) is 62.8 Å². The van der Waals surface area contributed by atoms with Gasteiger partial charge in [-0.15, -0.1) is 0 Å². The van der Waals surface area contributed by atoms with Crippen LogP contribution in [0.3, 0.4) is 0 Å². The number of benzene rings is 3. The highest BCUT2D eigenvalue weighted by Gasteiger charge is 2.53. The quantitative estimate of drug-likeness (QED) is 0.176. The summed E-state index contributed by atoms with van der Waals surface area (Å²) in [6.07, 6.45) is -0.692. The topological polar surface area (TPSA) is 106 Å². The molecule has 0 bridgehead atoms. The summed E-state index contributed by atoms with van der Waals surface area (Å²) in [6, 6.07) is 17.2. The Balaban J connectivity index is 1.72. The van der Waals surface area contributed by atoms with E-state index in [0.29, 0.717) is 29.9 Å². The van der Waals surface area contributed by atoms with Crippen LogP contribution in [0.15, 0.2) is 76.2 Å². The zero-order valence-corrected chi connectivity index (χ0v) is 26.3. The van der Waals surface area contributed by atoms with Crippen LogP contribution >= 0.6 is 15.9 Å². The molecule has 1 aliphatic heterocycles. The third-order valence-corrected chi connectivity index (χ3v) is 7.32. The predicted octanol–water partition coefficient (Wildman–Crippen LogP) is 6.18. The van der Waals surface area contributed by atoms with Crippen LogP contribution in [0, 0.1) is 11.6 Å². The summed E-state index contributed by atoms with van der Waals surface area (Å²) in [5.41, 5.74) is -1.10. The summed E-state index contributed by atoms with van der Waals surface area (Å²) in [5.74, 6) is -1.89. The normalized spacial score (nSPS) is 17.9. The minimum Gasteiger partial charge on any atom is -0.494 e. The summed E-state index contributed by atoms with van der Waals surface area (Å²) in [6.45, 7) is 5.38. The van der Waals surface area contributed by atoms with Crippen LogP contribution in [0.5, 0.6) is 5.75 Å². The fraction of sp³-hybridized carbons (Fsp3) is 0.364. The first-order valence-corrected chi connectivity index (χ1v) is 15.0. The lowest BCUT2D eigenvalue weighted by molar-refractivity contribution is -0.155. The number of nitrogens with one attached hydrogen (secondary N) is 1. The van der Waals surface area contributed by atoms with Gasteiger partial charge in [0, 0.05) is 47.7 Å². The second-order valence-corrected chi connectivity index (χ2v) is 12.3. The fourth-order valence-corrected chi connectivity index (χ4v) is 4.95. The van der Waals surface area contributed by atoms with Gasteiger partial charge in [0.25, 0.3) is 5.91 Å². The maximum Gasteiger partial charge on any atom is 0.306 e. The largest absolute Gasteiger partial charge is 0.494 e. The van der Waals surface area contributed by atoms with Crippen molar-refractivity contribution in [2.75, 3.05) is 13.2 Å². The molecule has 44 heavy (non-hydrogen) atoms. The van der Waals surface area contributed by atoms with E-state index < -0.39 is 40.8 Å². The Morgan fingerprint density at radius 3 is 2.41 bits per heavy atom. The molecule has 3 aromatic carbocycles. The van der Waals surface area contributed by atoms with Gasteiger partial charge >= 0.3 is 5.97 Å². The number of nitrogens with zero attached hydrogens (tertiary/aromatic N) is 1. The van der Waals surface area contributed by atoms with Crippen molar-refractivity contribution < 1.29 is 37.7 Å². The van der Waals surface area contributed by atoms with Gasteiger partial charge in [0.05, 0.1) is 6.61 Å². The van der Waals surface area contributed by atoms with Gasteiger partial charge in [-0.1, -0.05) is 34.1 Å². The molecule has 0 aliphatic carbocycles. The lowest BCUT2D eigenvalue weighted by atomic mass is 9.83. The molecule has 0 spiro atoms. The van der Waals surface area contributed by atoms with Crippen LogP contribution in [0.25, 0.3) is 0 Å². The third kappa shape index (κ3) is 8.41. The first kappa shape index (κ1) is 33.1. The minimum atomic E-state index is -1.65. The van der Waals surface area contributed by atoms with E-state index in [4.69, 9.17) is 24.3 Å². The van der Waals surface area contributed by atoms with Gasteiger partial charge < -0.3 is 24.6 Å². The molecule has 1 amide bonds. The molecule has 3 aromatic rings. The number of amides is 1. The van der Waals surface area contributed by atoms with E-state index in [-0.39, 0.29) is 37.5 Å². The Kier molecular flexibility index (Phi) is 10.7. The Bertz CT molecular complexity index is 1490. The van der Waals surface area contributed by atoms with Crippen molar-refractivity contribution in [3.05, 3.63) is 99.5 Å². The molecule has 1 heterocycles. The zero-order valence-electron chi connectivity index (χ0n) is 24.7. The molecular formula is C33H35BrF2N2O6. The Hall–Kier alpha value is -3.83. The summed E-state index contributed by atoms with van der Waals surface area (Å²) >= 11 is 3.43. The lowest BCUT2D eigenvalue weighted by Gasteiger charge is -2.31. The highest BCUT2D eigenvalue weighted by molar-refractivity contribution is 9.10. The third-order valence-electron chi connectivity index (χ3n) is 6.79. The van der Waals surface area contributed by atoms with Gasteiger partial charge in [-0.25, -0.2) is 13.8 Å². The predicted molar refractivity (Wildman–Crippen MR) is 164 cm³/mol.